The summed E-state index contributed by atoms with van der Waals surface area (Å²) in [5.41, 5.74) is 4.04. The second-order valence-electron chi connectivity index (χ2n) is 5.37. The first-order valence-corrected chi connectivity index (χ1v) is 7.02. The van der Waals surface area contributed by atoms with Gasteiger partial charge in [-0.05, 0) is 38.0 Å². The Hall–Kier alpha value is -2.29. The van der Waals surface area contributed by atoms with E-state index in [4.69, 9.17) is 4.98 Å². The van der Waals surface area contributed by atoms with E-state index in [2.05, 4.69) is 28.2 Å². The maximum Gasteiger partial charge on any atom is 0.178 e. The summed E-state index contributed by atoms with van der Waals surface area (Å²) in [7, 11) is 0. The van der Waals surface area contributed by atoms with Crippen molar-refractivity contribution in [1.82, 2.24) is 15.0 Å². The molecule has 1 aliphatic rings. The van der Waals surface area contributed by atoms with E-state index in [0.29, 0.717) is 5.92 Å². The molecule has 3 heteroatoms. The molecule has 3 nitrogen and oxygen atoms in total. The number of pyridine rings is 1. The van der Waals surface area contributed by atoms with Crippen molar-refractivity contribution in [2.24, 2.45) is 0 Å². The number of aromatic nitrogens is 3. The van der Waals surface area contributed by atoms with Crippen molar-refractivity contribution in [2.75, 3.05) is 0 Å². The van der Waals surface area contributed by atoms with Crippen LogP contribution in [0.15, 0.2) is 42.5 Å². The third-order valence-electron chi connectivity index (χ3n) is 3.79. The molecule has 0 N–H and O–H groups in total. The summed E-state index contributed by atoms with van der Waals surface area (Å²) in [5.74, 6) is 1.38. The number of aryl methyl sites for hydroxylation is 1. The first-order valence-electron chi connectivity index (χ1n) is 7.02. The van der Waals surface area contributed by atoms with Crippen LogP contribution in [0.2, 0.25) is 0 Å². The second kappa shape index (κ2) is 4.37. The Labute approximate surface area is 117 Å². The largest absolute Gasteiger partial charge is 0.249 e. The van der Waals surface area contributed by atoms with Gasteiger partial charge in [-0.1, -0.05) is 24.3 Å². The van der Waals surface area contributed by atoms with E-state index in [-0.39, 0.29) is 0 Å². The third kappa shape index (κ3) is 1.95. The minimum Gasteiger partial charge on any atom is -0.249 e. The van der Waals surface area contributed by atoms with E-state index < -0.39 is 0 Å². The van der Waals surface area contributed by atoms with Crippen molar-refractivity contribution >= 4 is 10.9 Å². The second-order valence-corrected chi connectivity index (χ2v) is 5.37. The van der Waals surface area contributed by atoms with Crippen LogP contribution in [-0.4, -0.2) is 15.0 Å². The third-order valence-corrected chi connectivity index (χ3v) is 3.79. The topological polar surface area (TPSA) is 38.7 Å². The first kappa shape index (κ1) is 11.5. The van der Waals surface area contributed by atoms with Crippen LogP contribution >= 0.6 is 0 Å². The molecule has 1 saturated carbocycles. The van der Waals surface area contributed by atoms with Gasteiger partial charge in [-0.2, -0.15) is 0 Å². The highest BCUT2D eigenvalue weighted by Crippen LogP contribution is 2.39. The van der Waals surface area contributed by atoms with Crippen LogP contribution in [0.1, 0.15) is 30.1 Å². The summed E-state index contributed by atoms with van der Waals surface area (Å²) in [6.45, 7) is 2.03. The van der Waals surface area contributed by atoms with Crippen LogP contribution in [-0.2, 0) is 0 Å². The smallest absolute Gasteiger partial charge is 0.178 e. The van der Waals surface area contributed by atoms with E-state index in [1.807, 2.05) is 31.2 Å². The maximum atomic E-state index is 4.73. The number of fused-ring (bicyclic) bond motifs is 1. The van der Waals surface area contributed by atoms with Crippen LogP contribution < -0.4 is 0 Å². The van der Waals surface area contributed by atoms with Crippen LogP contribution in [0.3, 0.4) is 0 Å². The molecule has 98 valence electrons. The molecule has 0 radical (unpaired) electrons. The monoisotopic (exact) mass is 261 g/mol. The molecule has 0 atom stereocenters. The van der Waals surface area contributed by atoms with Crippen molar-refractivity contribution in [2.45, 2.75) is 25.7 Å². The molecule has 20 heavy (non-hydrogen) atoms. The quantitative estimate of drug-likeness (QED) is 0.702. The van der Waals surface area contributed by atoms with Gasteiger partial charge >= 0.3 is 0 Å². The lowest BCUT2D eigenvalue weighted by atomic mass is 10.2. The van der Waals surface area contributed by atoms with Crippen LogP contribution in [0.4, 0.5) is 0 Å². The Balaban J connectivity index is 1.87. The molecule has 0 unspecified atom stereocenters. The summed E-state index contributed by atoms with van der Waals surface area (Å²) in [6, 6.07) is 14.3. The van der Waals surface area contributed by atoms with E-state index >= 15 is 0 Å². The van der Waals surface area contributed by atoms with Crippen molar-refractivity contribution < 1.29 is 0 Å². The number of rotatable bonds is 2. The lowest BCUT2D eigenvalue weighted by Gasteiger charge is -2.06. The Morgan fingerprint density at radius 3 is 2.60 bits per heavy atom. The Bertz CT molecular complexity index is 791. The van der Waals surface area contributed by atoms with Gasteiger partial charge in [0.1, 0.15) is 5.69 Å². The molecule has 0 amide bonds. The lowest BCUT2D eigenvalue weighted by molar-refractivity contribution is 1.01. The lowest BCUT2D eigenvalue weighted by Crippen LogP contribution is -1.97. The summed E-state index contributed by atoms with van der Waals surface area (Å²) >= 11 is 0. The molecule has 1 aliphatic carbocycles. The molecular weight excluding hydrogens is 246 g/mol. The zero-order chi connectivity index (χ0) is 13.5. The van der Waals surface area contributed by atoms with E-state index in [1.54, 1.807) is 0 Å². The molecule has 0 saturated heterocycles. The number of hydrogen-bond donors (Lipinski definition) is 0. The van der Waals surface area contributed by atoms with Crippen molar-refractivity contribution in [3.63, 3.8) is 0 Å². The molecule has 0 aliphatic heterocycles. The number of benzene rings is 1. The van der Waals surface area contributed by atoms with Gasteiger partial charge in [-0.25, -0.2) is 15.0 Å². The van der Waals surface area contributed by atoms with E-state index in [9.17, 15) is 0 Å². The number of para-hydroxylation sites is 1. The van der Waals surface area contributed by atoms with Gasteiger partial charge in [0.25, 0.3) is 0 Å². The van der Waals surface area contributed by atoms with Gasteiger partial charge in [0.2, 0.25) is 0 Å². The molecule has 4 rings (SSSR count). The van der Waals surface area contributed by atoms with Gasteiger partial charge in [0.05, 0.1) is 5.52 Å². The SMILES string of the molecule is Cc1nc(-c2cccc(C3CC3)n2)nc2ccccc12. The van der Waals surface area contributed by atoms with E-state index in [1.165, 1.54) is 18.5 Å². The highest BCUT2D eigenvalue weighted by atomic mass is 14.9. The van der Waals surface area contributed by atoms with Gasteiger partial charge in [0.15, 0.2) is 5.82 Å². The van der Waals surface area contributed by atoms with Gasteiger partial charge in [-0.3, -0.25) is 0 Å². The molecule has 1 aromatic carbocycles. The van der Waals surface area contributed by atoms with Gasteiger partial charge in [-0.15, -0.1) is 0 Å². The Kier molecular flexibility index (Phi) is 2.52. The summed E-state index contributed by atoms with van der Waals surface area (Å²) in [4.78, 5) is 14.0. The van der Waals surface area contributed by atoms with E-state index in [0.717, 1.165) is 28.1 Å². The average molecular weight is 261 g/mol. The average Bonchev–Trinajstić information content (AvgIpc) is 3.32. The molecule has 0 spiro atoms. The molecule has 3 aromatic rings. The fourth-order valence-electron chi connectivity index (χ4n) is 2.53. The molecule has 1 fully saturated rings. The van der Waals surface area contributed by atoms with Crippen molar-refractivity contribution in [3.05, 3.63) is 53.9 Å². The fraction of sp³-hybridized carbons (Fsp3) is 0.235. The zero-order valence-corrected chi connectivity index (χ0v) is 11.4. The van der Waals surface area contributed by atoms with Crippen LogP contribution in [0.25, 0.3) is 22.4 Å². The summed E-state index contributed by atoms with van der Waals surface area (Å²) in [6.07, 6.45) is 2.52. The molecule has 2 aromatic heterocycles. The molecular formula is C17H15N3. The fourth-order valence-corrected chi connectivity index (χ4v) is 2.53. The minimum absolute atomic E-state index is 0.650. The molecule has 0 bridgehead atoms. The van der Waals surface area contributed by atoms with Gasteiger partial charge in [0, 0.05) is 22.7 Å². The predicted octanol–water partition coefficient (Wildman–Crippen LogP) is 3.88. The summed E-state index contributed by atoms with van der Waals surface area (Å²) in [5, 5.41) is 1.11. The predicted molar refractivity (Wildman–Crippen MR) is 79.5 cm³/mol. The minimum atomic E-state index is 0.650. The number of nitrogens with zero attached hydrogens (tertiary/aromatic N) is 3. The van der Waals surface area contributed by atoms with Crippen LogP contribution in [0, 0.1) is 6.92 Å². The Morgan fingerprint density at radius 2 is 1.75 bits per heavy atom. The first-order chi connectivity index (χ1) is 9.81. The van der Waals surface area contributed by atoms with Gasteiger partial charge < -0.3 is 0 Å². The van der Waals surface area contributed by atoms with Crippen molar-refractivity contribution in [1.29, 1.82) is 0 Å². The molecule has 2 heterocycles. The number of hydrogen-bond acceptors (Lipinski definition) is 3. The maximum absolute atomic E-state index is 4.73. The summed E-state index contributed by atoms with van der Waals surface area (Å²) < 4.78 is 0. The Morgan fingerprint density at radius 1 is 0.900 bits per heavy atom. The van der Waals surface area contributed by atoms with Crippen molar-refractivity contribution in [3.8, 4) is 11.5 Å². The normalized spacial score (nSPS) is 14.7. The zero-order valence-electron chi connectivity index (χ0n) is 11.4. The highest BCUT2D eigenvalue weighted by Gasteiger charge is 2.25. The standard InChI is InChI=1S/C17H15N3/c1-11-13-5-2-3-6-15(13)20-17(18-11)16-8-4-7-14(19-16)12-9-10-12/h2-8,12H,9-10H2,1H3. The highest BCUT2D eigenvalue weighted by molar-refractivity contribution is 5.82. The van der Waals surface area contributed by atoms with Crippen LogP contribution in [0.5, 0.6) is 0 Å².